The van der Waals surface area contributed by atoms with Crippen LogP contribution in [0.1, 0.15) is 38.0 Å². The molecule has 134 valence electrons. The molecule has 0 aromatic heterocycles. The van der Waals surface area contributed by atoms with Crippen LogP contribution in [-0.2, 0) is 4.74 Å². The van der Waals surface area contributed by atoms with Crippen LogP contribution in [0.25, 0.3) is 0 Å². The molecule has 2 rings (SSSR count). The number of nitro benzene ring substituents is 1. The van der Waals surface area contributed by atoms with E-state index in [1.54, 1.807) is 6.92 Å². The fourth-order valence-electron chi connectivity index (χ4n) is 2.16. The van der Waals surface area contributed by atoms with E-state index in [1.807, 2.05) is 0 Å². The summed E-state index contributed by atoms with van der Waals surface area (Å²) in [6, 6.07) is 8.71. The molecular formula is C17H14N2O7. The van der Waals surface area contributed by atoms with Crippen molar-refractivity contribution in [1.82, 2.24) is 0 Å². The number of amides is 1. The lowest BCUT2D eigenvalue weighted by atomic mass is 10.1. The number of nitrogens with zero attached hydrogens (tertiary/aromatic N) is 1. The SMILES string of the molecule is CCOC(=O)c1cccc(NC(=O)c2cc([N+](=O)[O-])ccc2C(=O)O)c1. The summed E-state index contributed by atoms with van der Waals surface area (Å²) < 4.78 is 4.86. The van der Waals surface area contributed by atoms with E-state index < -0.39 is 28.5 Å². The molecular weight excluding hydrogens is 344 g/mol. The summed E-state index contributed by atoms with van der Waals surface area (Å²) in [7, 11) is 0. The summed E-state index contributed by atoms with van der Waals surface area (Å²) in [5, 5.41) is 22.5. The van der Waals surface area contributed by atoms with Crippen molar-refractivity contribution in [2.45, 2.75) is 6.92 Å². The highest BCUT2D eigenvalue weighted by Crippen LogP contribution is 2.20. The minimum Gasteiger partial charge on any atom is -0.478 e. The predicted octanol–water partition coefficient (Wildman–Crippen LogP) is 2.72. The van der Waals surface area contributed by atoms with Crippen LogP contribution in [0.3, 0.4) is 0 Å². The summed E-state index contributed by atoms with van der Waals surface area (Å²) >= 11 is 0. The Hall–Kier alpha value is -3.75. The molecule has 0 unspecified atom stereocenters. The van der Waals surface area contributed by atoms with Crippen LogP contribution in [0, 0.1) is 10.1 Å². The average Bonchev–Trinajstić information content (AvgIpc) is 2.61. The molecule has 0 bridgehead atoms. The molecule has 26 heavy (non-hydrogen) atoms. The maximum Gasteiger partial charge on any atom is 0.338 e. The number of ether oxygens (including phenoxy) is 1. The third-order valence-corrected chi connectivity index (χ3v) is 3.32. The van der Waals surface area contributed by atoms with Gasteiger partial charge in [0.05, 0.1) is 28.2 Å². The van der Waals surface area contributed by atoms with E-state index >= 15 is 0 Å². The number of nitrogens with one attached hydrogen (secondary N) is 1. The number of aromatic carboxylic acids is 1. The summed E-state index contributed by atoms with van der Waals surface area (Å²) in [6.07, 6.45) is 0. The van der Waals surface area contributed by atoms with Crippen LogP contribution in [0.5, 0.6) is 0 Å². The van der Waals surface area contributed by atoms with Crippen molar-refractivity contribution in [3.8, 4) is 0 Å². The molecule has 0 aliphatic heterocycles. The maximum absolute atomic E-state index is 12.4. The lowest BCUT2D eigenvalue weighted by molar-refractivity contribution is -0.384. The summed E-state index contributed by atoms with van der Waals surface area (Å²) in [4.78, 5) is 45.5. The molecule has 1 amide bonds. The van der Waals surface area contributed by atoms with Crippen LogP contribution in [0.4, 0.5) is 11.4 Å². The average molecular weight is 358 g/mol. The van der Waals surface area contributed by atoms with Crippen molar-refractivity contribution >= 4 is 29.2 Å². The summed E-state index contributed by atoms with van der Waals surface area (Å²) in [6.45, 7) is 1.84. The van der Waals surface area contributed by atoms with Crippen molar-refractivity contribution in [3.63, 3.8) is 0 Å². The van der Waals surface area contributed by atoms with Crippen LogP contribution in [0.2, 0.25) is 0 Å². The van der Waals surface area contributed by atoms with Gasteiger partial charge in [-0.15, -0.1) is 0 Å². The molecule has 0 saturated heterocycles. The second-order valence-electron chi connectivity index (χ2n) is 5.05. The van der Waals surface area contributed by atoms with Gasteiger partial charge in [0.2, 0.25) is 0 Å². The number of carbonyl (C=O) groups is 3. The molecule has 9 heteroatoms. The lowest BCUT2D eigenvalue weighted by Crippen LogP contribution is -2.17. The Morgan fingerprint density at radius 1 is 1.15 bits per heavy atom. The van der Waals surface area contributed by atoms with E-state index in [-0.39, 0.29) is 29.0 Å². The van der Waals surface area contributed by atoms with Gasteiger partial charge < -0.3 is 15.2 Å². The van der Waals surface area contributed by atoms with E-state index in [9.17, 15) is 29.6 Å². The molecule has 0 aliphatic carbocycles. The molecule has 0 heterocycles. The normalized spacial score (nSPS) is 10.0. The van der Waals surface area contributed by atoms with Crippen molar-refractivity contribution in [1.29, 1.82) is 0 Å². The first-order chi connectivity index (χ1) is 12.3. The van der Waals surface area contributed by atoms with Gasteiger partial charge in [0.25, 0.3) is 11.6 Å². The number of hydrogen-bond donors (Lipinski definition) is 2. The summed E-state index contributed by atoms with van der Waals surface area (Å²) in [5.41, 5.74) is -0.756. The number of carboxylic acid groups (broad SMARTS) is 1. The second-order valence-corrected chi connectivity index (χ2v) is 5.05. The highest BCUT2D eigenvalue weighted by molar-refractivity contribution is 6.11. The van der Waals surface area contributed by atoms with E-state index in [2.05, 4.69) is 5.32 Å². The largest absolute Gasteiger partial charge is 0.478 e. The number of anilines is 1. The van der Waals surface area contributed by atoms with Gasteiger partial charge in [-0.3, -0.25) is 14.9 Å². The van der Waals surface area contributed by atoms with Crippen LogP contribution < -0.4 is 5.32 Å². The Balaban J connectivity index is 2.34. The Morgan fingerprint density at radius 2 is 1.88 bits per heavy atom. The van der Waals surface area contributed by atoms with Crippen molar-refractivity contribution in [3.05, 3.63) is 69.3 Å². The fourth-order valence-corrected chi connectivity index (χ4v) is 2.16. The maximum atomic E-state index is 12.4. The number of esters is 1. The smallest absolute Gasteiger partial charge is 0.338 e. The van der Waals surface area contributed by atoms with E-state index in [1.165, 1.54) is 24.3 Å². The fraction of sp³-hybridized carbons (Fsp3) is 0.118. The zero-order valence-corrected chi connectivity index (χ0v) is 13.6. The number of hydrogen-bond acceptors (Lipinski definition) is 6. The van der Waals surface area contributed by atoms with Crippen LogP contribution >= 0.6 is 0 Å². The van der Waals surface area contributed by atoms with Gasteiger partial charge in [0.15, 0.2) is 0 Å². The lowest BCUT2D eigenvalue weighted by Gasteiger charge is -2.09. The molecule has 2 N–H and O–H groups in total. The minimum absolute atomic E-state index is 0.186. The molecule has 0 saturated carbocycles. The molecule has 0 atom stereocenters. The minimum atomic E-state index is -1.40. The van der Waals surface area contributed by atoms with Gasteiger partial charge in [-0.05, 0) is 31.2 Å². The van der Waals surface area contributed by atoms with Crippen LogP contribution in [0.15, 0.2) is 42.5 Å². The van der Waals surface area contributed by atoms with E-state index in [0.717, 1.165) is 18.2 Å². The highest BCUT2D eigenvalue weighted by Gasteiger charge is 2.21. The Bertz CT molecular complexity index is 892. The number of carboxylic acids is 1. The van der Waals surface area contributed by atoms with Gasteiger partial charge >= 0.3 is 11.9 Å². The van der Waals surface area contributed by atoms with Crippen molar-refractivity contribution in [2.75, 3.05) is 11.9 Å². The molecule has 0 aliphatic rings. The molecule has 0 radical (unpaired) electrons. The number of non-ortho nitro benzene ring substituents is 1. The van der Waals surface area contributed by atoms with Gasteiger partial charge in [-0.2, -0.15) is 0 Å². The van der Waals surface area contributed by atoms with Crippen molar-refractivity contribution in [2.24, 2.45) is 0 Å². The quantitative estimate of drug-likeness (QED) is 0.460. The number of nitro groups is 1. The number of rotatable bonds is 6. The van der Waals surface area contributed by atoms with Crippen molar-refractivity contribution < 1.29 is 29.2 Å². The van der Waals surface area contributed by atoms with Gasteiger partial charge in [-0.25, -0.2) is 9.59 Å². The van der Waals surface area contributed by atoms with Gasteiger partial charge in [-0.1, -0.05) is 6.07 Å². The molecule has 2 aromatic carbocycles. The third kappa shape index (κ3) is 4.20. The zero-order valence-electron chi connectivity index (χ0n) is 13.6. The van der Waals surface area contributed by atoms with Gasteiger partial charge in [0, 0.05) is 17.8 Å². The second kappa shape index (κ2) is 7.88. The topological polar surface area (TPSA) is 136 Å². The molecule has 2 aromatic rings. The first kappa shape index (κ1) is 18.6. The first-order valence-corrected chi connectivity index (χ1v) is 7.43. The molecule has 0 spiro atoms. The number of carbonyl (C=O) groups excluding carboxylic acids is 2. The molecule has 0 fully saturated rings. The number of benzene rings is 2. The van der Waals surface area contributed by atoms with Gasteiger partial charge in [0.1, 0.15) is 0 Å². The van der Waals surface area contributed by atoms with E-state index in [4.69, 9.17) is 4.74 Å². The highest BCUT2D eigenvalue weighted by atomic mass is 16.6. The standard InChI is InChI=1S/C17H14N2O7/c1-2-26-17(23)10-4-3-5-11(8-10)18-15(20)14-9-12(19(24)25)6-7-13(14)16(21)22/h3-9H,2H2,1H3,(H,18,20)(H,21,22). The Morgan fingerprint density at radius 3 is 2.50 bits per heavy atom. The van der Waals surface area contributed by atoms with Crippen LogP contribution in [-0.4, -0.2) is 34.5 Å². The monoisotopic (exact) mass is 358 g/mol. The summed E-state index contributed by atoms with van der Waals surface area (Å²) in [5.74, 6) is -2.83. The van der Waals surface area contributed by atoms with E-state index in [0.29, 0.717) is 0 Å². The molecule has 9 nitrogen and oxygen atoms in total. The Labute approximate surface area is 147 Å². The third-order valence-electron chi connectivity index (χ3n) is 3.32. The Kier molecular flexibility index (Phi) is 5.63. The zero-order chi connectivity index (χ0) is 19.3. The predicted molar refractivity (Wildman–Crippen MR) is 90.4 cm³/mol. The first-order valence-electron chi connectivity index (χ1n) is 7.43.